The van der Waals surface area contributed by atoms with E-state index in [0.29, 0.717) is 5.56 Å². The summed E-state index contributed by atoms with van der Waals surface area (Å²) in [4.78, 5) is 25.0. The van der Waals surface area contributed by atoms with Gasteiger partial charge in [-0.05, 0) is 6.92 Å². The number of rotatable bonds is 2. The van der Waals surface area contributed by atoms with E-state index >= 15 is 0 Å². The van der Waals surface area contributed by atoms with E-state index in [4.69, 9.17) is 21.4 Å². The predicted molar refractivity (Wildman–Crippen MR) is 62.7 cm³/mol. The SMILES string of the molecule is Cc1cn([C@@H]2O[C@H](CO)[C@H](O)C2Cl)c(=O)[nH]c1=O. The lowest BCUT2D eigenvalue weighted by atomic mass is 10.2. The standard InChI is InChI=1S/C10H13ClN2O5/c1-4-2-13(10(17)12-8(4)16)9-6(11)7(15)5(3-14)18-9/h2,5-7,9,14-15H,3H2,1H3,(H,12,16,17)/t5-,6?,7+,9-/m1/s1. The van der Waals surface area contributed by atoms with Crippen molar-refractivity contribution in [1.82, 2.24) is 9.55 Å². The molecule has 0 amide bonds. The van der Waals surface area contributed by atoms with E-state index in [0.717, 1.165) is 4.57 Å². The van der Waals surface area contributed by atoms with E-state index in [1.54, 1.807) is 0 Å². The summed E-state index contributed by atoms with van der Waals surface area (Å²) < 4.78 is 6.41. The molecule has 1 aromatic heterocycles. The zero-order valence-corrected chi connectivity index (χ0v) is 10.3. The number of nitrogens with one attached hydrogen (secondary N) is 1. The van der Waals surface area contributed by atoms with Gasteiger partial charge in [-0.1, -0.05) is 0 Å². The Morgan fingerprint density at radius 3 is 2.78 bits per heavy atom. The van der Waals surface area contributed by atoms with Gasteiger partial charge in [0.25, 0.3) is 5.56 Å². The zero-order valence-electron chi connectivity index (χ0n) is 9.54. The molecule has 3 N–H and O–H groups in total. The summed E-state index contributed by atoms with van der Waals surface area (Å²) in [6.45, 7) is 1.13. The normalized spacial score (nSPS) is 31.8. The van der Waals surface area contributed by atoms with Crippen molar-refractivity contribution >= 4 is 11.6 Å². The van der Waals surface area contributed by atoms with Crippen LogP contribution in [0, 0.1) is 6.92 Å². The van der Waals surface area contributed by atoms with Gasteiger partial charge in [0.2, 0.25) is 0 Å². The van der Waals surface area contributed by atoms with Crippen molar-refractivity contribution in [2.24, 2.45) is 0 Å². The lowest BCUT2D eigenvalue weighted by Crippen LogP contribution is -2.36. The lowest BCUT2D eigenvalue weighted by molar-refractivity contribution is -0.0458. The number of aliphatic hydroxyl groups excluding tert-OH is 2. The fourth-order valence-corrected chi connectivity index (χ4v) is 2.20. The first-order valence-corrected chi connectivity index (χ1v) is 5.80. The number of halogens is 1. The van der Waals surface area contributed by atoms with Gasteiger partial charge >= 0.3 is 5.69 Å². The molecule has 0 aliphatic carbocycles. The van der Waals surface area contributed by atoms with Crippen LogP contribution in [0.25, 0.3) is 0 Å². The Labute approximate surface area is 107 Å². The van der Waals surface area contributed by atoms with Crippen LogP contribution < -0.4 is 11.2 Å². The first kappa shape index (κ1) is 13.3. The molecule has 8 heteroatoms. The third-order valence-corrected chi connectivity index (χ3v) is 3.37. The highest BCUT2D eigenvalue weighted by Gasteiger charge is 2.43. The molecule has 1 aliphatic heterocycles. The molecule has 18 heavy (non-hydrogen) atoms. The van der Waals surface area contributed by atoms with Crippen molar-refractivity contribution in [3.05, 3.63) is 32.6 Å². The number of hydrogen-bond donors (Lipinski definition) is 3. The van der Waals surface area contributed by atoms with Crippen LogP contribution in [0.4, 0.5) is 0 Å². The van der Waals surface area contributed by atoms with E-state index < -0.39 is 41.7 Å². The Bertz CT molecular complexity index is 554. The van der Waals surface area contributed by atoms with Crippen molar-refractivity contribution in [1.29, 1.82) is 0 Å². The summed E-state index contributed by atoms with van der Waals surface area (Å²) in [5.74, 6) is 0. The highest BCUT2D eigenvalue weighted by molar-refractivity contribution is 6.21. The average molecular weight is 277 g/mol. The van der Waals surface area contributed by atoms with E-state index in [1.807, 2.05) is 0 Å². The van der Waals surface area contributed by atoms with E-state index in [-0.39, 0.29) is 0 Å². The molecular formula is C10H13ClN2O5. The molecule has 1 saturated heterocycles. The molecule has 4 atom stereocenters. The first-order chi connectivity index (χ1) is 8.45. The van der Waals surface area contributed by atoms with Crippen LogP contribution in [0.2, 0.25) is 0 Å². The van der Waals surface area contributed by atoms with Crippen molar-refractivity contribution in [3.8, 4) is 0 Å². The number of ether oxygens (including phenoxy) is 1. The maximum absolute atomic E-state index is 11.7. The number of alkyl halides is 1. The van der Waals surface area contributed by atoms with Gasteiger partial charge in [-0.2, -0.15) is 0 Å². The topological polar surface area (TPSA) is 105 Å². The number of aliphatic hydroxyl groups is 2. The van der Waals surface area contributed by atoms with Gasteiger partial charge in [0.1, 0.15) is 17.6 Å². The summed E-state index contributed by atoms with van der Waals surface area (Å²) in [5.41, 5.74) is -0.837. The van der Waals surface area contributed by atoms with Gasteiger partial charge in [0, 0.05) is 11.8 Å². The number of H-pyrrole nitrogens is 1. The molecule has 1 aliphatic rings. The highest BCUT2D eigenvalue weighted by atomic mass is 35.5. The second kappa shape index (κ2) is 4.85. The van der Waals surface area contributed by atoms with Gasteiger partial charge in [0.15, 0.2) is 6.23 Å². The number of aromatic nitrogens is 2. The maximum atomic E-state index is 11.7. The van der Waals surface area contributed by atoms with E-state index in [1.165, 1.54) is 13.1 Å². The van der Waals surface area contributed by atoms with Gasteiger partial charge in [-0.25, -0.2) is 4.79 Å². The molecule has 1 unspecified atom stereocenters. The Hall–Kier alpha value is -1.15. The molecule has 0 aromatic carbocycles. The molecule has 100 valence electrons. The Balaban J connectivity index is 2.42. The number of hydrogen-bond acceptors (Lipinski definition) is 5. The van der Waals surface area contributed by atoms with Gasteiger partial charge in [-0.15, -0.1) is 11.6 Å². The molecule has 2 rings (SSSR count). The van der Waals surface area contributed by atoms with E-state index in [2.05, 4.69) is 4.98 Å². The van der Waals surface area contributed by atoms with Crippen LogP contribution in [0.15, 0.2) is 15.8 Å². The minimum Gasteiger partial charge on any atom is -0.394 e. The minimum absolute atomic E-state index is 0.323. The van der Waals surface area contributed by atoms with Crippen LogP contribution in [-0.2, 0) is 4.74 Å². The largest absolute Gasteiger partial charge is 0.394 e. The molecule has 2 heterocycles. The quantitative estimate of drug-likeness (QED) is 0.583. The molecule has 0 spiro atoms. The van der Waals surface area contributed by atoms with Crippen LogP contribution in [0.5, 0.6) is 0 Å². The van der Waals surface area contributed by atoms with Crippen molar-refractivity contribution < 1.29 is 14.9 Å². The molecule has 0 radical (unpaired) electrons. The Morgan fingerprint density at radius 1 is 1.56 bits per heavy atom. The monoisotopic (exact) mass is 276 g/mol. The predicted octanol–water partition coefficient (Wildman–Crippen LogP) is -1.30. The summed E-state index contributed by atoms with van der Waals surface area (Å²) >= 11 is 5.96. The second-order valence-corrected chi connectivity index (χ2v) is 4.67. The van der Waals surface area contributed by atoms with Crippen LogP contribution in [0.3, 0.4) is 0 Å². The fraction of sp³-hybridized carbons (Fsp3) is 0.600. The van der Waals surface area contributed by atoms with Gasteiger partial charge < -0.3 is 14.9 Å². The molecule has 1 fully saturated rings. The number of nitrogens with zero attached hydrogens (tertiary/aromatic N) is 1. The van der Waals surface area contributed by atoms with Gasteiger partial charge in [0.05, 0.1) is 6.61 Å². The maximum Gasteiger partial charge on any atom is 0.330 e. The summed E-state index contributed by atoms with van der Waals surface area (Å²) in [6, 6.07) is 0. The molecule has 0 bridgehead atoms. The second-order valence-electron chi connectivity index (χ2n) is 4.16. The minimum atomic E-state index is -1.08. The Morgan fingerprint density at radius 2 is 2.22 bits per heavy atom. The fourth-order valence-electron chi connectivity index (χ4n) is 1.85. The zero-order chi connectivity index (χ0) is 13.4. The molecular weight excluding hydrogens is 264 g/mol. The lowest BCUT2D eigenvalue weighted by Gasteiger charge is -2.16. The van der Waals surface area contributed by atoms with E-state index in [9.17, 15) is 14.7 Å². The Kier molecular flexibility index (Phi) is 3.58. The molecule has 0 saturated carbocycles. The van der Waals surface area contributed by atoms with Crippen molar-refractivity contribution in [3.63, 3.8) is 0 Å². The van der Waals surface area contributed by atoms with Crippen molar-refractivity contribution in [2.45, 2.75) is 30.7 Å². The number of aromatic amines is 1. The average Bonchev–Trinajstić information content (AvgIpc) is 2.61. The van der Waals surface area contributed by atoms with Crippen molar-refractivity contribution in [2.75, 3.05) is 6.61 Å². The number of aryl methyl sites for hydroxylation is 1. The third kappa shape index (κ3) is 2.10. The third-order valence-electron chi connectivity index (χ3n) is 2.89. The van der Waals surface area contributed by atoms with Gasteiger partial charge in [-0.3, -0.25) is 14.3 Å². The summed E-state index contributed by atoms with van der Waals surface area (Å²) in [7, 11) is 0. The smallest absolute Gasteiger partial charge is 0.330 e. The van der Waals surface area contributed by atoms with Crippen LogP contribution in [-0.4, -0.2) is 44.0 Å². The summed E-state index contributed by atoms with van der Waals surface area (Å²) in [5, 5.41) is 17.8. The molecule has 1 aromatic rings. The molecule has 7 nitrogen and oxygen atoms in total. The van der Waals surface area contributed by atoms with Crippen LogP contribution in [0.1, 0.15) is 11.8 Å². The first-order valence-electron chi connectivity index (χ1n) is 5.36. The van der Waals surface area contributed by atoms with Crippen LogP contribution >= 0.6 is 11.6 Å². The summed E-state index contributed by atoms with van der Waals surface area (Å²) in [6.07, 6.45) is -1.55. The highest BCUT2D eigenvalue weighted by Crippen LogP contribution is 2.32.